The number of amides is 1. The van der Waals surface area contributed by atoms with Crippen LogP contribution in [-0.2, 0) is 23.7 Å². The lowest BCUT2D eigenvalue weighted by Gasteiger charge is -2.45. The lowest BCUT2D eigenvalue weighted by molar-refractivity contribution is -0.282. The Morgan fingerprint density at radius 2 is 1.76 bits per heavy atom. The smallest absolute Gasteiger partial charge is 0.461 e. The van der Waals surface area contributed by atoms with Crippen molar-refractivity contribution in [3.63, 3.8) is 0 Å². The Kier molecular flexibility index (Phi) is 4.84. The molecule has 1 amide bonds. The summed E-state index contributed by atoms with van der Waals surface area (Å²) in [5.41, 5.74) is -0.0296. The van der Waals surface area contributed by atoms with Crippen molar-refractivity contribution < 1.29 is 33.3 Å². The van der Waals surface area contributed by atoms with Gasteiger partial charge in [0.1, 0.15) is 11.9 Å². The maximum atomic E-state index is 11.7. The molecular weight excluding hydrogens is 378 g/mol. The zero-order valence-corrected chi connectivity index (χ0v) is 16.6. The molecule has 4 atom stereocenters. The van der Waals surface area contributed by atoms with E-state index in [9.17, 15) is 9.59 Å². The summed E-state index contributed by atoms with van der Waals surface area (Å²) in [4.78, 5) is 23.0. The van der Waals surface area contributed by atoms with Gasteiger partial charge in [0.15, 0.2) is 6.10 Å². The minimum absolute atomic E-state index is 0.126. The summed E-state index contributed by atoms with van der Waals surface area (Å²) in [6.07, 6.45) is -3.45. The fraction of sp³-hybridized carbons (Fsp3) is 0.429. The van der Waals surface area contributed by atoms with Gasteiger partial charge >= 0.3 is 6.16 Å². The predicted molar refractivity (Wildman–Crippen MR) is 104 cm³/mol. The number of hydrogen-bond acceptors (Lipinski definition) is 7. The summed E-state index contributed by atoms with van der Waals surface area (Å²) in [5, 5.41) is 4.63. The maximum Gasteiger partial charge on any atom is 0.509 e. The molecule has 2 heterocycles. The number of hydrogen-bond donors (Lipinski definition) is 1. The molecule has 2 aromatic carbocycles. The van der Waals surface area contributed by atoms with Gasteiger partial charge in [-0.1, -0.05) is 12.1 Å². The van der Waals surface area contributed by atoms with E-state index in [4.69, 9.17) is 23.7 Å². The number of anilines is 1. The molecule has 8 heteroatoms. The third-order valence-electron chi connectivity index (χ3n) is 5.10. The molecule has 2 fully saturated rings. The van der Waals surface area contributed by atoms with Crippen LogP contribution in [0.2, 0.25) is 0 Å². The number of rotatable bonds is 4. The minimum atomic E-state index is -0.844. The predicted octanol–water partition coefficient (Wildman–Crippen LogP) is 3.23. The third kappa shape index (κ3) is 3.73. The molecule has 8 nitrogen and oxygen atoms in total. The average Bonchev–Trinajstić information content (AvgIpc) is 3.02. The van der Waals surface area contributed by atoms with Crippen LogP contribution in [0.4, 0.5) is 10.5 Å². The van der Waals surface area contributed by atoms with Crippen molar-refractivity contribution in [2.24, 2.45) is 0 Å². The van der Waals surface area contributed by atoms with E-state index in [1.165, 1.54) is 6.92 Å². The summed E-state index contributed by atoms with van der Waals surface area (Å²) in [7, 11) is 1.54. The minimum Gasteiger partial charge on any atom is -0.461 e. The normalized spacial score (nSPS) is 27.7. The quantitative estimate of drug-likeness (QED) is 0.787. The van der Waals surface area contributed by atoms with E-state index in [2.05, 4.69) is 5.32 Å². The van der Waals surface area contributed by atoms with Gasteiger partial charge in [-0.3, -0.25) is 4.79 Å². The van der Waals surface area contributed by atoms with E-state index in [1.807, 2.05) is 44.2 Å². The molecule has 154 valence electrons. The number of carbonyl (C=O) groups is 2. The lowest BCUT2D eigenvalue weighted by Crippen LogP contribution is -2.62. The van der Waals surface area contributed by atoms with Gasteiger partial charge in [-0.25, -0.2) is 4.79 Å². The van der Waals surface area contributed by atoms with Crippen molar-refractivity contribution in [1.82, 2.24) is 0 Å². The summed E-state index contributed by atoms with van der Waals surface area (Å²) in [6, 6.07) is 11.1. The van der Waals surface area contributed by atoms with Crippen LogP contribution in [0.15, 0.2) is 36.4 Å². The Labute approximate surface area is 168 Å². The summed E-state index contributed by atoms with van der Waals surface area (Å²) in [6.45, 7) is 5.17. The molecule has 0 spiro atoms. The average molecular weight is 401 g/mol. The fourth-order valence-corrected chi connectivity index (χ4v) is 3.88. The van der Waals surface area contributed by atoms with E-state index < -0.39 is 36.4 Å². The topological polar surface area (TPSA) is 92.3 Å². The van der Waals surface area contributed by atoms with E-state index in [1.54, 1.807) is 13.2 Å². The van der Waals surface area contributed by atoms with Gasteiger partial charge < -0.3 is 29.0 Å². The summed E-state index contributed by atoms with van der Waals surface area (Å²) in [5.74, 6) is 0.432. The van der Waals surface area contributed by atoms with Crippen molar-refractivity contribution in [3.8, 4) is 5.75 Å². The third-order valence-corrected chi connectivity index (χ3v) is 5.10. The number of carbonyl (C=O) groups excluding carboxylic acids is 2. The van der Waals surface area contributed by atoms with Crippen LogP contribution in [0.25, 0.3) is 10.8 Å². The van der Waals surface area contributed by atoms with Gasteiger partial charge in [0.25, 0.3) is 0 Å². The molecule has 0 aromatic heterocycles. The van der Waals surface area contributed by atoms with Crippen LogP contribution in [0.1, 0.15) is 20.8 Å². The molecule has 0 radical (unpaired) electrons. The molecule has 0 aliphatic carbocycles. The molecule has 2 aliphatic heterocycles. The van der Waals surface area contributed by atoms with Crippen molar-refractivity contribution in [2.45, 2.75) is 51.0 Å². The van der Waals surface area contributed by atoms with E-state index in [-0.39, 0.29) is 5.91 Å². The second-order valence-corrected chi connectivity index (χ2v) is 7.68. The van der Waals surface area contributed by atoms with Crippen molar-refractivity contribution in [2.75, 3.05) is 12.4 Å². The maximum absolute atomic E-state index is 11.7. The van der Waals surface area contributed by atoms with Crippen LogP contribution in [-0.4, -0.2) is 49.4 Å². The van der Waals surface area contributed by atoms with Gasteiger partial charge in [-0.05, 0) is 48.9 Å². The van der Waals surface area contributed by atoms with Crippen LogP contribution < -0.4 is 10.1 Å². The molecule has 2 aromatic rings. The first kappa shape index (κ1) is 19.5. The van der Waals surface area contributed by atoms with Gasteiger partial charge in [0, 0.05) is 19.7 Å². The largest absolute Gasteiger partial charge is 0.509 e. The number of nitrogens with one attached hydrogen (secondary N) is 1. The van der Waals surface area contributed by atoms with Crippen LogP contribution >= 0.6 is 0 Å². The molecule has 29 heavy (non-hydrogen) atoms. The Balaban J connectivity index is 1.58. The zero-order valence-electron chi connectivity index (χ0n) is 16.6. The Morgan fingerprint density at radius 3 is 2.48 bits per heavy atom. The lowest BCUT2D eigenvalue weighted by atomic mass is 9.89. The molecule has 1 N–H and O–H groups in total. The van der Waals surface area contributed by atoms with Gasteiger partial charge in [-0.15, -0.1) is 0 Å². The van der Waals surface area contributed by atoms with Gasteiger partial charge in [0.2, 0.25) is 18.3 Å². The molecule has 2 saturated heterocycles. The van der Waals surface area contributed by atoms with Crippen LogP contribution in [0.5, 0.6) is 5.75 Å². The van der Waals surface area contributed by atoms with Crippen LogP contribution in [0.3, 0.4) is 0 Å². The second-order valence-electron chi connectivity index (χ2n) is 7.68. The zero-order chi connectivity index (χ0) is 20.8. The molecule has 0 saturated carbocycles. The second kappa shape index (κ2) is 7.20. The monoisotopic (exact) mass is 401 g/mol. The highest BCUT2D eigenvalue weighted by molar-refractivity contribution is 5.93. The Morgan fingerprint density at radius 1 is 1.07 bits per heavy atom. The number of methoxy groups -OCH3 is 1. The molecule has 0 bridgehead atoms. The highest BCUT2D eigenvalue weighted by atomic mass is 16.8. The van der Waals surface area contributed by atoms with E-state index in [0.29, 0.717) is 5.75 Å². The molecule has 0 unspecified atom stereocenters. The summed E-state index contributed by atoms with van der Waals surface area (Å²) < 4.78 is 28.2. The van der Waals surface area contributed by atoms with Crippen LogP contribution in [0, 0.1) is 0 Å². The van der Waals surface area contributed by atoms with Gasteiger partial charge in [-0.2, -0.15) is 0 Å². The number of benzene rings is 2. The SMILES string of the molecule is CO[C@@H]1[C@H]2OC(=O)O[C@H]2[C@H](Oc2ccc3cc(NC(C)=O)ccc3c2)OC1(C)C. The van der Waals surface area contributed by atoms with E-state index >= 15 is 0 Å². The van der Waals surface area contributed by atoms with Crippen molar-refractivity contribution in [1.29, 1.82) is 0 Å². The van der Waals surface area contributed by atoms with Gasteiger partial charge in [0.05, 0.1) is 5.60 Å². The number of fused-ring (bicyclic) bond motifs is 2. The molecule has 4 rings (SSSR count). The van der Waals surface area contributed by atoms with E-state index in [0.717, 1.165) is 16.5 Å². The van der Waals surface area contributed by atoms with Crippen molar-refractivity contribution in [3.05, 3.63) is 36.4 Å². The Hall–Kier alpha value is -2.84. The first-order valence-corrected chi connectivity index (χ1v) is 9.33. The number of ether oxygens (including phenoxy) is 5. The first-order valence-electron chi connectivity index (χ1n) is 9.33. The Bertz CT molecular complexity index is 957. The molecule has 2 aliphatic rings. The first-order chi connectivity index (χ1) is 13.8. The molecular formula is C21H23NO7. The highest BCUT2D eigenvalue weighted by Crippen LogP contribution is 2.38. The standard InChI is InChI=1S/C21H23NO7/c1-11(23)22-14-7-5-13-10-15(8-6-12(13)9-14)26-19-17-16(27-20(24)28-17)18(25-4)21(2,3)29-19/h5-10,16-19H,1-4H3,(H,22,23)/t16-,17+,18+,19+/m0/s1. The summed E-state index contributed by atoms with van der Waals surface area (Å²) >= 11 is 0. The fourth-order valence-electron chi connectivity index (χ4n) is 3.88. The van der Waals surface area contributed by atoms with Crippen molar-refractivity contribution >= 4 is 28.5 Å². The highest BCUT2D eigenvalue weighted by Gasteiger charge is 2.58.